The summed E-state index contributed by atoms with van der Waals surface area (Å²) in [7, 11) is 1.57. The Morgan fingerprint density at radius 2 is 1.80 bits per heavy atom. The Morgan fingerprint density at radius 1 is 1.20 bits per heavy atom. The summed E-state index contributed by atoms with van der Waals surface area (Å²) in [5, 5.41) is 0. The molecule has 0 aromatic heterocycles. The molecule has 0 bridgehead atoms. The lowest BCUT2D eigenvalue weighted by molar-refractivity contribution is -0.127. The Hall–Kier alpha value is -1.33. The second kappa shape index (κ2) is 8.37. The van der Waals surface area contributed by atoms with Gasteiger partial charge in [0.1, 0.15) is 0 Å². The molecule has 6 heteroatoms. The lowest BCUT2D eigenvalue weighted by Crippen LogP contribution is -2.32. The van der Waals surface area contributed by atoms with E-state index in [0.717, 1.165) is 25.7 Å². The Balaban J connectivity index is 2.87. The van der Waals surface area contributed by atoms with Crippen LogP contribution in [-0.4, -0.2) is 36.3 Å². The number of alkyl halides is 3. The Bertz CT molecular complexity index is 547. The van der Waals surface area contributed by atoms with Crippen molar-refractivity contribution in [1.82, 2.24) is 4.90 Å². The zero-order chi connectivity index (χ0) is 19.4. The Kier molecular flexibility index (Phi) is 7.27. The molecule has 2 unspecified atom stereocenters. The molecule has 0 spiro atoms. The van der Waals surface area contributed by atoms with Crippen LogP contribution in [-0.2, 0) is 4.79 Å². The number of aliphatic imine (C=N–C) groups is 1. The van der Waals surface area contributed by atoms with Gasteiger partial charge >= 0.3 is 6.18 Å². The second-order valence-corrected chi connectivity index (χ2v) is 7.43. The third-order valence-corrected chi connectivity index (χ3v) is 5.17. The van der Waals surface area contributed by atoms with E-state index in [1.165, 1.54) is 32.1 Å². The predicted molar refractivity (Wildman–Crippen MR) is 95.5 cm³/mol. The molecule has 3 nitrogen and oxygen atoms in total. The van der Waals surface area contributed by atoms with Gasteiger partial charge in [-0.15, -0.1) is 0 Å². The summed E-state index contributed by atoms with van der Waals surface area (Å²) in [5.74, 6) is 0.0864. The van der Waals surface area contributed by atoms with Crippen LogP contribution < -0.4 is 0 Å². The second-order valence-electron chi connectivity index (χ2n) is 7.43. The normalized spacial score (nSPS) is 23.8. The summed E-state index contributed by atoms with van der Waals surface area (Å²) >= 11 is 0. The van der Waals surface area contributed by atoms with Crippen molar-refractivity contribution in [2.45, 2.75) is 72.9 Å². The summed E-state index contributed by atoms with van der Waals surface area (Å²) < 4.78 is 39.6. The largest absolute Gasteiger partial charge is 0.433 e. The highest BCUT2D eigenvalue weighted by Gasteiger charge is 2.51. The molecule has 1 rings (SSSR count). The maximum absolute atomic E-state index is 13.2. The minimum atomic E-state index is -4.63. The van der Waals surface area contributed by atoms with Crippen molar-refractivity contribution >= 4 is 11.6 Å². The maximum atomic E-state index is 13.2. The average Bonchev–Trinajstić information content (AvgIpc) is 3.21. The van der Waals surface area contributed by atoms with Crippen LogP contribution in [0.25, 0.3) is 0 Å². The number of nitrogens with zero attached hydrogens (tertiary/aromatic N) is 2. The van der Waals surface area contributed by atoms with Gasteiger partial charge in [-0.3, -0.25) is 9.79 Å². The summed E-state index contributed by atoms with van der Waals surface area (Å²) in [4.78, 5) is 17.4. The molecule has 0 aliphatic heterocycles. The van der Waals surface area contributed by atoms with Crippen LogP contribution in [0.5, 0.6) is 0 Å². The van der Waals surface area contributed by atoms with E-state index in [1.807, 2.05) is 0 Å². The van der Waals surface area contributed by atoms with Crippen LogP contribution in [0, 0.1) is 11.3 Å². The van der Waals surface area contributed by atoms with Crippen LogP contribution in [0.4, 0.5) is 13.2 Å². The van der Waals surface area contributed by atoms with Gasteiger partial charge in [-0.25, -0.2) is 0 Å². The molecule has 0 saturated heterocycles. The van der Waals surface area contributed by atoms with Gasteiger partial charge in [0.05, 0.1) is 0 Å². The first-order valence-electron chi connectivity index (χ1n) is 9.04. The van der Waals surface area contributed by atoms with Gasteiger partial charge in [0.25, 0.3) is 5.91 Å². The van der Waals surface area contributed by atoms with Crippen LogP contribution in [0.15, 0.2) is 16.3 Å². The van der Waals surface area contributed by atoms with E-state index in [9.17, 15) is 18.0 Å². The fraction of sp³-hybridized carbons (Fsp3) is 0.789. The number of carbonyl (C=O) groups excluding carboxylic acids is 1. The first-order chi connectivity index (χ1) is 11.5. The summed E-state index contributed by atoms with van der Waals surface area (Å²) in [6, 6.07) is 0. The maximum Gasteiger partial charge on any atom is 0.433 e. The van der Waals surface area contributed by atoms with E-state index < -0.39 is 17.8 Å². The van der Waals surface area contributed by atoms with Gasteiger partial charge in [0.15, 0.2) is 5.70 Å². The molecule has 0 heterocycles. The number of carbonyl (C=O) groups is 1. The van der Waals surface area contributed by atoms with E-state index in [1.54, 1.807) is 7.05 Å². The van der Waals surface area contributed by atoms with Crippen molar-refractivity contribution in [2.75, 3.05) is 13.6 Å². The number of halogens is 3. The minimum absolute atomic E-state index is 0.271. The molecule has 0 aromatic carbocycles. The molecule has 0 N–H and O–H groups in total. The molecule has 0 radical (unpaired) electrons. The summed E-state index contributed by atoms with van der Waals surface area (Å²) in [6.07, 6.45) is 0.725. The van der Waals surface area contributed by atoms with E-state index in [4.69, 9.17) is 0 Å². The van der Waals surface area contributed by atoms with E-state index in [-0.39, 0.29) is 16.7 Å². The van der Waals surface area contributed by atoms with Crippen molar-refractivity contribution in [3.05, 3.63) is 11.3 Å². The molecule has 1 saturated carbocycles. The Labute approximate surface area is 149 Å². The Morgan fingerprint density at radius 3 is 2.20 bits per heavy atom. The van der Waals surface area contributed by atoms with Crippen LogP contribution in [0.1, 0.15) is 66.7 Å². The lowest BCUT2D eigenvalue weighted by atomic mass is 9.92. The first-order valence-corrected chi connectivity index (χ1v) is 9.04. The average molecular weight is 360 g/mol. The summed E-state index contributed by atoms with van der Waals surface area (Å²) in [5.41, 5.74) is -0.887. The molecule has 144 valence electrons. The lowest BCUT2D eigenvalue weighted by Gasteiger charge is -2.23. The number of hydrogen-bond donors (Lipinski definition) is 0. The van der Waals surface area contributed by atoms with Crippen LogP contribution >= 0.6 is 0 Å². The first kappa shape index (κ1) is 21.7. The minimum Gasteiger partial charge on any atom is -0.342 e. The zero-order valence-electron chi connectivity index (χ0n) is 16.3. The number of likely N-dealkylation sites (N-methyl/N-ethyl adjacent to an activating group) is 1. The molecule has 25 heavy (non-hydrogen) atoms. The fourth-order valence-corrected chi connectivity index (χ4v) is 3.71. The zero-order valence-corrected chi connectivity index (χ0v) is 16.3. The number of rotatable bonds is 8. The number of allylic oxidation sites excluding steroid dienone is 1. The van der Waals surface area contributed by atoms with Crippen molar-refractivity contribution in [3.8, 4) is 0 Å². The van der Waals surface area contributed by atoms with Gasteiger partial charge in [-0.05, 0) is 51.4 Å². The molecular weight excluding hydrogens is 329 g/mol. The molecule has 2 atom stereocenters. The SMILES string of the molecule is CCCC1(CCN(C)C(=O)/C(C)=C(/N=C(C)C)C(F)(F)F)CC1CC. The van der Waals surface area contributed by atoms with Gasteiger partial charge in [0.2, 0.25) is 0 Å². The van der Waals surface area contributed by atoms with E-state index in [2.05, 4.69) is 18.8 Å². The van der Waals surface area contributed by atoms with Crippen molar-refractivity contribution < 1.29 is 18.0 Å². The highest BCUT2D eigenvalue weighted by Crippen LogP contribution is 2.60. The van der Waals surface area contributed by atoms with Gasteiger partial charge in [-0.2, -0.15) is 13.2 Å². The number of amides is 1. The third-order valence-electron chi connectivity index (χ3n) is 5.17. The van der Waals surface area contributed by atoms with Crippen LogP contribution in [0.3, 0.4) is 0 Å². The molecule has 1 fully saturated rings. The van der Waals surface area contributed by atoms with Gasteiger partial charge in [0, 0.05) is 24.9 Å². The van der Waals surface area contributed by atoms with Crippen molar-refractivity contribution in [2.24, 2.45) is 16.3 Å². The smallest absolute Gasteiger partial charge is 0.342 e. The quantitative estimate of drug-likeness (QED) is 0.423. The highest BCUT2D eigenvalue weighted by atomic mass is 19.4. The topological polar surface area (TPSA) is 32.7 Å². The molecule has 1 aliphatic carbocycles. The summed E-state index contributed by atoms with van der Waals surface area (Å²) in [6.45, 7) is 8.98. The molecule has 1 aliphatic rings. The predicted octanol–water partition coefficient (Wildman–Crippen LogP) is 5.37. The third kappa shape index (κ3) is 5.58. The molecular formula is C19H31F3N2O. The molecule has 0 aromatic rings. The van der Waals surface area contributed by atoms with E-state index >= 15 is 0 Å². The van der Waals surface area contributed by atoms with Crippen LogP contribution in [0.2, 0.25) is 0 Å². The van der Waals surface area contributed by atoms with Crippen molar-refractivity contribution in [1.29, 1.82) is 0 Å². The number of hydrogen-bond acceptors (Lipinski definition) is 2. The van der Waals surface area contributed by atoms with E-state index in [0.29, 0.717) is 12.5 Å². The van der Waals surface area contributed by atoms with Crippen molar-refractivity contribution in [3.63, 3.8) is 0 Å². The highest BCUT2D eigenvalue weighted by molar-refractivity contribution is 5.94. The van der Waals surface area contributed by atoms with Gasteiger partial charge in [-0.1, -0.05) is 26.7 Å². The fourth-order valence-electron chi connectivity index (χ4n) is 3.71. The van der Waals surface area contributed by atoms with Gasteiger partial charge < -0.3 is 4.90 Å². The monoisotopic (exact) mass is 360 g/mol. The molecule has 1 amide bonds. The standard InChI is InChI=1S/C19H31F3N2O/c1-7-9-18(12-15(18)8-2)10-11-24(6)17(25)14(5)16(19(20,21)22)23-13(3)4/h15H,7-12H2,1-6H3/b16-14+.